The van der Waals surface area contributed by atoms with Crippen LogP contribution in [0.25, 0.3) is 0 Å². The number of carbonyl (C=O) groups is 3. The van der Waals surface area contributed by atoms with Gasteiger partial charge in [-0.2, -0.15) is 0 Å². The molecule has 4 atom stereocenters. The molecule has 2 aromatic rings. The van der Waals surface area contributed by atoms with Gasteiger partial charge in [0.15, 0.2) is 17.7 Å². The third kappa shape index (κ3) is 7.52. The van der Waals surface area contributed by atoms with E-state index in [4.69, 9.17) is 10.5 Å². The summed E-state index contributed by atoms with van der Waals surface area (Å²) in [6.07, 6.45) is -1.32. The molecule has 39 heavy (non-hydrogen) atoms. The van der Waals surface area contributed by atoms with Crippen LogP contribution in [0.15, 0.2) is 36.4 Å². The second kappa shape index (κ2) is 12.8. The molecule has 0 bridgehead atoms. The lowest BCUT2D eigenvalue weighted by molar-refractivity contribution is -0.829. The number of benzene rings is 2. The zero-order valence-electron chi connectivity index (χ0n) is 22.0. The first kappa shape index (κ1) is 30.5. The first-order chi connectivity index (χ1) is 18.3. The molecule has 1 fully saturated rings. The van der Waals surface area contributed by atoms with Gasteiger partial charge in [-0.15, -0.1) is 0 Å². The number of nitrogens with zero attached hydrogens (tertiary/aromatic N) is 1. The van der Waals surface area contributed by atoms with E-state index >= 15 is 0 Å². The highest BCUT2D eigenvalue weighted by Gasteiger charge is 2.49. The molecular weight excluding hydrogens is 535 g/mol. The lowest BCUT2D eigenvalue weighted by Crippen LogP contribution is -2.58. The Hall–Kier alpha value is -3.09. The van der Waals surface area contributed by atoms with Crippen molar-refractivity contribution in [3.8, 4) is 5.75 Å². The predicted molar refractivity (Wildman–Crippen MR) is 140 cm³/mol. The Morgan fingerprint density at radius 3 is 2.38 bits per heavy atom. The summed E-state index contributed by atoms with van der Waals surface area (Å²) in [4.78, 5) is 37.6. The van der Waals surface area contributed by atoms with Gasteiger partial charge in [0.1, 0.15) is 11.6 Å². The zero-order valence-corrected chi connectivity index (χ0v) is 22.8. The summed E-state index contributed by atoms with van der Waals surface area (Å²) >= 11 is 1.34. The molecule has 3 unspecified atom stereocenters. The lowest BCUT2D eigenvalue weighted by atomic mass is 10.0. The molecule has 4 N–H and O–H groups in total. The summed E-state index contributed by atoms with van der Waals surface area (Å²) < 4.78 is 46.1. The summed E-state index contributed by atoms with van der Waals surface area (Å²) in [6, 6.07) is 7.03. The van der Waals surface area contributed by atoms with Crippen molar-refractivity contribution in [3.63, 3.8) is 0 Å². The molecule has 0 radical (unpaired) electrons. The summed E-state index contributed by atoms with van der Waals surface area (Å²) in [7, 11) is 1.65. The van der Waals surface area contributed by atoms with E-state index < -0.39 is 40.9 Å². The van der Waals surface area contributed by atoms with Crippen molar-refractivity contribution in [3.05, 3.63) is 65.0 Å². The van der Waals surface area contributed by atoms with Gasteiger partial charge in [0.2, 0.25) is 5.37 Å². The van der Waals surface area contributed by atoms with Gasteiger partial charge in [-0.05, 0) is 35.7 Å². The molecule has 2 amide bonds. The maximum atomic E-state index is 14.0. The van der Waals surface area contributed by atoms with E-state index in [2.05, 4.69) is 5.32 Å². The predicted octanol–water partition coefficient (Wildman–Crippen LogP) is 3.21. The third-order valence-corrected chi connectivity index (χ3v) is 8.07. The number of carboxylic acid groups (broad SMARTS) is 1. The fourth-order valence-electron chi connectivity index (χ4n) is 4.31. The highest BCUT2D eigenvalue weighted by molar-refractivity contribution is 8.00. The van der Waals surface area contributed by atoms with Gasteiger partial charge in [0.25, 0.3) is 5.91 Å². The largest absolute Gasteiger partial charge is 0.478 e. The SMILES string of the molecule is CC(C)C(Oc1ccc(CNC(=O)C2SCC[N+]2(C)C(=O)C[C@H](N)Cc2cc(F)c(F)cc2F)cc1)C(=O)O. The Morgan fingerprint density at radius 1 is 1.13 bits per heavy atom. The van der Waals surface area contributed by atoms with Crippen molar-refractivity contribution >= 4 is 29.5 Å². The van der Waals surface area contributed by atoms with Gasteiger partial charge in [0, 0.05) is 30.3 Å². The molecule has 0 saturated carbocycles. The van der Waals surface area contributed by atoms with Crippen molar-refractivity contribution < 1.29 is 41.9 Å². The van der Waals surface area contributed by atoms with Crippen LogP contribution >= 0.6 is 11.8 Å². The fourth-order valence-corrected chi connectivity index (χ4v) is 5.81. The third-order valence-electron chi connectivity index (χ3n) is 6.65. The molecule has 1 aliphatic rings. The number of ether oxygens (including phenoxy) is 1. The van der Waals surface area contributed by atoms with E-state index in [-0.39, 0.29) is 47.2 Å². The van der Waals surface area contributed by atoms with E-state index in [1.54, 1.807) is 45.2 Å². The number of nitrogens with two attached hydrogens (primary N) is 1. The second-order valence-corrected chi connectivity index (χ2v) is 11.3. The Bertz CT molecular complexity index is 1210. The molecule has 12 heteroatoms. The topological polar surface area (TPSA) is 119 Å². The molecular formula is C27H33F3N3O5S+. The Balaban J connectivity index is 1.57. The molecule has 212 valence electrons. The first-order valence-electron chi connectivity index (χ1n) is 12.5. The van der Waals surface area contributed by atoms with E-state index in [0.717, 1.165) is 11.6 Å². The molecule has 1 aliphatic heterocycles. The van der Waals surface area contributed by atoms with E-state index in [9.17, 15) is 32.7 Å². The lowest BCUT2D eigenvalue weighted by Gasteiger charge is -2.32. The number of amides is 2. The van der Waals surface area contributed by atoms with Gasteiger partial charge in [-0.3, -0.25) is 4.79 Å². The number of halogens is 3. The maximum absolute atomic E-state index is 14.0. The normalized spacial score (nSPS) is 20.5. The average Bonchev–Trinajstić information content (AvgIpc) is 3.27. The minimum Gasteiger partial charge on any atom is -0.478 e. The summed E-state index contributed by atoms with van der Waals surface area (Å²) in [6.45, 7) is 4.09. The fraction of sp³-hybridized carbons (Fsp3) is 0.444. The number of rotatable bonds is 11. The van der Waals surface area contributed by atoms with Crippen LogP contribution in [0.1, 0.15) is 31.4 Å². The maximum Gasteiger partial charge on any atom is 0.345 e. The number of aliphatic carboxylic acids is 1. The van der Waals surface area contributed by atoms with Crippen molar-refractivity contribution in [2.45, 2.75) is 50.8 Å². The van der Waals surface area contributed by atoms with Gasteiger partial charge in [0.05, 0.1) is 20.0 Å². The smallest absolute Gasteiger partial charge is 0.345 e. The quantitative estimate of drug-likeness (QED) is 0.281. The standard InChI is InChI=1S/C27H32F3N3O5S/c1-15(2)24(27(36)37)38-19-6-4-16(5-7-19)14-32-25(35)26-33(3,8-9-39-26)23(34)12-18(31)10-17-11-21(29)22(30)13-20(17)28/h4-7,11,13,15,18,24,26H,8-10,12,14,31H2,1-3H3,(H-,32,35,36,37)/p+1/t18-,24?,26?,33?/m1/s1. The number of carboxylic acids is 1. The van der Waals surface area contributed by atoms with Crippen molar-refractivity contribution in [2.75, 3.05) is 19.3 Å². The monoisotopic (exact) mass is 568 g/mol. The number of hydrogen-bond acceptors (Lipinski definition) is 6. The molecule has 0 aliphatic carbocycles. The minimum atomic E-state index is -1.30. The van der Waals surface area contributed by atoms with Crippen LogP contribution in [0, 0.1) is 23.4 Å². The Morgan fingerprint density at radius 2 is 1.77 bits per heavy atom. The molecule has 2 aromatic carbocycles. The summed E-state index contributed by atoms with van der Waals surface area (Å²) in [5.41, 5.74) is 6.69. The molecule has 3 rings (SSSR count). The first-order valence-corrected chi connectivity index (χ1v) is 13.5. The number of carbonyl (C=O) groups excluding carboxylic acids is 2. The van der Waals surface area contributed by atoms with Crippen LogP contribution in [0.3, 0.4) is 0 Å². The average molecular weight is 569 g/mol. The van der Waals surface area contributed by atoms with Crippen LogP contribution in [0.4, 0.5) is 13.2 Å². The van der Waals surface area contributed by atoms with Crippen LogP contribution in [0.2, 0.25) is 0 Å². The van der Waals surface area contributed by atoms with Crippen molar-refractivity contribution in [1.82, 2.24) is 5.32 Å². The molecule has 0 spiro atoms. The molecule has 1 heterocycles. The number of likely N-dealkylation sites (N-methyl/N-ethyl adjacent to an activating group) is 1. The van der Waals surface area contributed by atoms with Gasteiger partial charge in [-0.25, -0.2) is 27.2 Å². The van der Waals surface area contributed by atoms with Gasteiger partial charge < -0.3 is 20.9 Å². The van der Waals surface area contributed by atoms with E-state index in [1.807, 2.05) is 0 Å². The number of hydrogen-bond donors (Lipinski definition) is 3. The molecule has 8 nitrogen and oxygen atoms in total. The molecule has 0 aromatic heterocycles. The van der Waals surface area contributed by atoms with Crippen LogP contribution in [0.5, 0.6) is 5.75 Å². The van der Waals surface area contributed by atoms with Gasteiger partial charge in [-0.1, -0.05) is 37.7 Å². The Labute approximate surface area is 229 Å². The number of quaternary nitrogens is 1. The zero-order chi connectivity index (χ0) is 28.9. The highest BCUT2D eigenvalue weighted by Crippen LogP contribution is 2.32. The highest BCUT2D eigenvalue weighted by atomic mass is 32.2. The molecule has 1 saturated heterocycles. The summed E-state index contributed by atoms with van der Waals surface area (Å²) in [5, 5.41) is 11.4. The van der Waals surface area contributed by atoms with Crippen LogP contribution in [-0.2, 0) is 27.3 Å². The van der Waals surface area contributed by atoms with Crippen LogP contribution in [-0.4, -0.2) is 64.2 Å². The minimum absolute atomic E-state index is 0.124. The van der Waals surface area contributed by atoms with Gasteiger partial charge >= 0.3 is 11.9 Å². The van der Waals surface area contributed by atoms with Crippen LogP contribution < -0.4 is 15.8 Å². The second-order valence-electron chi connectivity index (χ2n) is 10.1. The van der Waals surface area contributed by atoms with Crippen molar-refractivity contribution in [2.24, 2.45) is 11.7 Å². The number of thioether (sulfide) groups is 1. The van der Waals surface area contributed by atoms with Crippen molar-refractivity contribution in [1.29, 1.82) is 0 Å². The number of nitrogens with one attached hydrogen (secondary N) is 1. The Kier molecular flexibility index (Phi) is 10.0. The summed E-state index contributed by atoms with van der Waals surface area (Å²) in [5.74, 6) is -4.39. The van der Waals surface area contributed by atoms with E-state index in [1.165, 1.54) is 11.8 Å². The van der Waals surface area contributed by atoms with E-state index in [0.29, 0.717) is 24.1 Å².